The van der Waals surface area contributed by atoms with Gasteiger partial charge in [-0.05, 0) is 37.1 Å². The van der Waals surface area contributed by atoms with Crippen molar-refractivity contribution in [2.75, 3.05) is 6.54 Å². The Kier molecular flexibility index (Phi) is 1.92. The Hall–Kier alpha value is -0.0400. The summed E-state index contributed by atoms with van der Waals surface area (Å²) in [5.74, 6) is 2.97. The van der Waals surface area contributed by atoms with Crippen LogP contribution in [0.3, 0.4) is 0 Å². The fraction of sp³-hybridized carbons (Fsp3) is 1.00. The van der Waals surface area contributed by atoms with Gasteiger partial charge in [-0.3, -0.25) is 0 Å². The summed E-state index contributed by atoms with van der Waals surface area (Å²) >= 11 is 0. The van der Waals surface area contributed by atoms with E-state index in [0.717, 1.165) is 23.8 Å². The van der Waals surface area contributed by atoms with E-state index in [1.165, 1.54) is 25.8 Å². The van der Waals surface area contributed by atoms with Gasteiger partial charge in [0, 0.05) is 6.04 Å². The van der Waals surface area contributed by atoms with Gasteiger partial charge in [0.1, 0.15) is 0 Å². The molecule has 2 saturated carbocycles. The number of hydrogen-bond acceptors (Lipinski definition) is 1. The van der Waals surface area contributed by atoms with Crippen LogP contribution in [0.25, 0.3) is 0 Å². The molecule has 0 heterocycles. The maximum Gasteiger partial charge on any atom is 0.0130 e. The van der Waals surface area contributed by atoms with E-state index in [2.05, 4.69) is 19.2 Å². The summed E-state index contributed by atoms with van der Waals surface area (Å²) in [5.41, 5.74) is 0. The highest BCUT2D eigenvalue weighted by atomic mass is 15.0. The molecule has 0 aromatic rings. The van der Waals surface area contributed by atoms with Crippen molar-refractivity contribution in [3.63, 3.8) is 0 Å². The highest BCUT2D eigenvalue weighted by molar-refractivity contribution is 5.06. The first kappa shape index (κ1) is 7.60. The fourth-order valence-corrected chi connectivity index (χ4v) is 2.50. The summed E-state index contributed by atoms with van der Waals surface area (Å²) in [4.78, 5) is 0. The predicted molar refractivity (Wildman–Crippen MR) is 47.5 cm³/mol. The van der Waals surface area contributed by atoms with Crippen molar-refractivity contribution in [2.45, 2.75) is 39.2 Å². The van der Waals surface area contributed by atoms with Crippen molar-refractivity contribution >= 4 is 0 Å². The molecule has 2 fully saturated rings. The van der Waals surface area contributed by atoms with Gasteiger partial charge in [0.25, 0.3) is 0 Å². The van der Waals surface area contributed by atoms with Gasteiger partial charge < -0.3 is 5.32 Å². The van der Waals surface area contributed by atoms with Gasteiger partial charge in [0.05, 0.1) is 0 Å². The standard InChI is InChI=1S/C10H19N/c1-7(2)6-11-10-8-4-3-5-9(8)10/h7-11H,3-6H2,1-2H3. The second-order valence-corrected chi connectivity index (χ2v) is 4.59. The maximum absolute atomic E-state index is 3.66. The van der Waals surface area contributed by atoms with Gasteiger partial charge in [-0.15, -0.1) is 0 Å². The van der Waals surface area contributed by atoms with E-state index in [1.54, 1.807) is 0 Å². The fourth-order valence-electron chi connectivity index (χ4n) is 2.50. The van der Waals surface area contributed by atoms with Gasteiger partial charge in [0.2, 0.25) is 0 Å². The zero-order valence-corrected chi connectivity index (χ0v) is 7.64. The Balaban J connectivity index is 1.67. The second kappa shape index (κ2) is 2.78. The number of nitrogens with one attached hydrogen (secondary N) is 1. The van der Waals surface area contributed by atoms with E-state index >= 15 is 0 Å². The highest BCUT2D eigenvalue weighted by Gasteiger charge is 2.51. The van der Waals surface area contributed by atoms with Crippen LogP contribution in [-0.2, 0) is 0 Å². The van der Waals surface area contributed by atoms with E-state index in [9.17, 15) is 0 Å². The highest BCUT2D eigenvalue weighted by Crippen LogP contribution is 2.51. The Morgan fingerprint density at radius 1 is 1.27 bits per heavy atom. The van der Waals surface area contributed by atoms with Gasteiger partial charge >= 0.3 is 0 Å². The Bertz CT molecular complexity index is 132. The van der Waals surface area contributed by atoms with Crippen LogP contribution in [0.5, 0.6) is 0 Å². The van der Waals surface area contributed by atoms with Crippen LogP contribution in [0.15, 0.2) is 0 Å². The molecule has 0 radical (unpaired) electrons. The molecule has 1 heteroatoms. The van der Waals surface area contributed by atoms with Gasteiger partial charge in [0.15, 0.2) is 0 Å². The molecule has 11 heavy (non-hydrogen) atoms. The molecule has 2 aliphatic carbocycles. The van der Waals surface area contributed by atoms with Crippen LogP contribution in [-0.4, -0.2) is 12.6 Å². The molecule has 1 N–H and O–H groups in total. The Morgan fingerprint density at radius 3 is 2.45 bits per heavy atom. The Morgan fingerprint density at radius 2 is 1.91 bits per heavy atom. The van der Waals surface area contributed by atoms with Crippen molar-refractivity contribution in [1.82, 2.24) is 5.32 Å². The molecular formula is C10H19N. The third-order valence-electron chi connectivity index (χ3n) is 3.17. The smallest absolute Gasteiger partial charge is 0.0130 e. The lowest BCUT2D eigenvalue weighted by molar-refractivity contribution is 0.500. The first-order valence-corrected chi connectivity index (χ1v) is 5.02. The third-order valence-corrected chi connectivity index (χ3v) is 3.17. The van der Waals surface area contributed by atoms with E-state index < -0.39 is 0 Å². The van der Waals surface area contributed by atoms with Crippen LogP contribution < -0.4 is 5.32 Å². The van der Waals surface area contributed by atoms with Gasteiger partial charge in [-0.2, -0.15) is 0 Å². The SMILES string of the molecule is CC(C)CNC1C2CCCC21. The van der Waals surface area contributed by atoms with Crippen LogP contribution in [0.1, 0.15) is 33.1 Å². The van der Waals surface area contributed by atoms with E-state index in [-0.39, 0.29) is 0 Å². The van der Waals surface area contributed by atoms with E-state index in [0.29, 0.717) is 0 Å². The first-order chi connectivity index (χ1) is 5.29. The summed E-state index contributed by atoms with van der Waals surface area (Å²) in [6.07, 6.45) is 4.50. The molecule has 1 nitrogen and oxygen atoms in total. The zero-order valence-electron chi connectivity index (χ0n) is 7.64. The maximum atomic E-state index is 3.66. The van der Waals surface area contributed by atoms with E-state index in [1.807, 2.05) is 0 Å². The van der Waals surface area contributed by atoms with Crippen molar-refractivity contribution in [1.29, 1.82) is 0 Å². The summed E-state index contributed by atoms with van der Waals surface area (Å²) in [5, 5.41) is 3.66. The van der Waals surface area contributed by atoms with Crippen LogP contribution in [0.4, 0.5) is 0 Å². The molecule has 2 aliphatic rings. The van der Waals surface area contributed by atoms with Crippen LogP contribution in [0, 0.1) is 17.8 Å². The molecule has 64 valence electrons. The Labute approximate surface area is 69.6 Å². The molecule has 0 aromatic heterocycles. The topological polar surface area (TPSA) is 12.0 Å². The van der Waals surface area contributed by atoms with Crippen molar-refractivity contribution in [3.8, 4) is 0 Å². The summed E-state index contributed by atoms with van der Waals surface area (Å²) in [7, 11) is 0. The molecule has 0 bridgehead atoms. The quantitative estimate of drug-likeness (QED) is 0.654. The molecule has 0 saturated heterocycles. The average Bonchev–Trinajstić information content (AvgIpc) is 2.44. The summed E-state index contributed by atoms with van der Waals surface area (Å²) in [6, 6.07) is 0.922. The molecule has 0 amide bonds. The minimum atomic E-state index is 0.816. The molecule has 2 atom stereocenters. The molecule has 0 aromatic carbocycles. The lowest BCUT2D eigenvalue weighted by Crippen LogP contribution is -2.25. The number of hydrogen-bond donors (Lipinski definition) is 1. The average molecular weight is 153 g/mol. The van der Waals surface area contributed by atoms with Gasteiger partial charge in [-0.1, -0.05) is 20.3 Å². The lowest BCUT2D eigenvalue weighted by Gasteiger charge is -2.08. The number of rotatable bonds is 3. The minimum Gasteiger partial charge on any atom is -0.313 e. The minimum absolute atomic E-state index is 0.816. The monoisotopic (exact) mass is 153 g/mol. The normalized spacial score (nSPS) is 41.2. The van der Waals surface area contributed by atoms with Crippen LogP contribution in [0.2, 0.25) is 0 Å². The van der Waals surface area contributed by atoms with Crippen LogP contribution >= 0.6 is 0 Å². The molecule has 0 spiro atoms. The predicted octanol–water partition coefficient (Wildman–Crippen LogP) is 2.03. The van der Waals surface area contributed by atoms with Crippen molar-refractivity contribution in [3.05, 3.63) is 0 Å². The third kappa shape index (κ3) is 1.44. The molecule has 2 rings (SSSR count). The van der Waals surface area contributed by atoms with Gasteiger partial charge in [-0.25, -0.2) is 0 Å². The second-order valence-electron chi connectivity index (χ2n) is 4.59. The lowest BCUT2D eigenvalue weighted by atomic mass is 10.2. The largest absolute Gasteiger partial charge is 0.313 e. The van der Waals surface area contributed by atoms with Crippen molar-refractivity contribution in [2.24, 2.45) is 17.8 Å². The van der Waals surface area contributed by atoms with Crippen molar-refractivity contribution < 1.29 is 0 Å². The van der Waals surface area contributed by atoms with E-state index in [4.69, 9.17) is 0 Å². The molecule has 2 unspecified atom stereocenters. The first-order valence-electron chi connectivity index (χ1n) is 5.02. The molecule has 0 aliphatic heterocycles. The molecular weight excluding hydrogens is 134 g/mol. The summed E-state index contributed by atoms with van der Waals surface area (Å²) in [6.45, 7) is 5.79. The summed E-state index contributed by atoms with van der Waals surface area (Å²) < 4.78 is 0. The zero-order chi connectivity index (χ0) is 7.84. The number of fused-ring (bicyclic) bond motifs is 1.